The lowest BCUT2D eigenvalue weighted by molar-refractivity contribution is 0.423. The number of sulfonamides is 1. The molecule has 0 N–H and O–H groups in total. The fourth-order valence-corrected chi connectivity index (χ4v) is 4.89. The summed E-state index contributed by atoms with van der Waals surface area (Å²) >= 11 is 2.08. The van der Waals surface area contributed by atoms with E-state index >= 15 is 0 Å². The summed E-state index contributed by atoms with van der Waals surface area (Å²) in [5.74, 6) is -0.300. The van der Waals surface area contributed by atoms with Crippen molar-refractivity contribution in [3.05, 3.63) is 63.7 Å². The van der Waals surface area contributed by atoms with Crippen LogP contribution in [-0.4, -0.2) is 18.8 Å². The summed E-state index contributed by atoms with van der Waals surface area (Å²) in [6.07, 6.45) is 4.71. The lowest BCUT2D eigenvalue weighted by Gasteiger charge is -2.27. The van der Waals surface area contributed by atoms with Crippen LogP contribution in [0.25, 0.3) is 0 Å². The van der Waals surface area contributed by atoms with Crippen LogP contribution in [0.15, 0.2) is 68.6 Å². The van der Waals surface area contributed by atoms with Crippen molar-refractivity contribution in [3.8, 4) is 0 Å². The predicted molar refractivity (Wildman–Crippen MR) is 83.2 cm³/mol. The molecular formula is C14H11FINO2S. The predicted octanol–water partition coefficient (Wildman–Crippen LogP) is 3.52. The van der Waals surface area contributed by atoms with Crippen molar-refractivity contribution in [2.45, 2.75) is 17.4 Å². The molecule has 20 heavy (non-hydrogen) atoms. The van der Waals surface area contributed by atoms with E-state index in [1.165, 1.54) is 10.4 Å². The molecule has 0 aromatic heterocycles. The Labute approximate surface area is 130 Å². The van der Waals surface area contributed by atoms with E-state index < -0.39 is 16.1 Å². The first-order chi connectivity index (χ1) is 9.50. The van der Waals surface area contributed by atoms with Crippen molar-refractivity contribution in [1.82, 2.24) is 4.31 Å². The third-order valence-electron chi connectivity index (χ3n) is 3.33. The van der Waals surface area contributed by atoms with Crippen LogP contribution in [0.1, 0.15) is 6.42 Å². The fourth-order valence-electron chi connectivity index (χ4n) is 2.35. The molecule has 0 spiro atoms. The molecule has 6 heteroatoms. The van der Waals surface area contributed by atoms with Crippen molar-refractivity contribution in [1.29, 1.82) is 0 Å². The van der Waals surface area contributed by atoms with Crippen LogP contribution in [0.2, 0.25) is 0 Å². The summed E-state index contributed by atoms with van der Waals surface area (Å²) in [4.78, 5) is 0.219. The molecule has 3 rings (SSSR count). The number of allylic oxidation sites excluding steroid dienone is 2. The molecule has 0 radical (unpaired) electrons. The van der Waals surface area contributed by atoms with E-state index in [2.05, 4.69) is 22.6 Å². The highest BCUT2D eigenvalue weighted by atomic mass is 127. The summed E-state index contributed by atoms with van der Waals surface area (Å²) < 4.78 is 40.9. The van der Waals surface area contributed by atoms with Crippen LogP contribution >= 0.6 is 22.6 Å². The van der Waals surface area contributed by atoms with Gasteiger partial charge in [-0.2, -0.15) is 0 Å². The van der Waals surface area contributed by atoms with E-state index in [1.54, 1.807) is 42.6 Å². The molecule has 1 atom stereocenters. The van der Waals surface area contributed by atoms with Crippen LogP contribution in [0.3, 0.4) is 0 Å². The van der Waals surface area contributed by atoms with Gasteiger partial charge < -0.3 is 0 Å². The largest absolute Gasteiger partial charge is 0.264 e. The minimum atomic E-state index is -3.65. The van der Waals surface area contributed by atoms with Gasteiger partial charge in [0.1, 0.15) is 5.83 Å². The van der Waals surface area contributed by atoms with Crippen molar-refractivity contribution in [2.75, 3.05) is 0 Å². The first-order valence-electron chi connectivity index (χ1n) is 6.02. The average molecular weight is 403 g/mol. The zero-order chi connectivity index (χ0) is 14.3. The lowest BCUT2D eigenvalue weighted by atomic mass is 10.0. The Hall–Kier alpha value is -1.15. The van der Waals surface area contributed by atoms with Gasteiger partial charge in [-0.15, -0.1) is 0 Å². The monoisotopic (exact) mass is 403 g/mol. The first kappa shape index (κ1) is 13.8. The van der Waals surface area contributed by atoms with Crippen LogP contribution in [0.5, 0.6) is 0 Å². The summed E-state index contributed by atoms with van der Waals surface area (Å²) in [6.45, 7) is 0. The third-order valence-corrected chi connectivity index (χ3v) is 6.02. The van der Waals surface area contributed by atoms with Crippen molar-refractivity contribution in [2.24, 2.45) is 0 Å². The summed E-state index contributed by atoms with van der Waals surface area (Å²) in [7, 11) is -3.65. The maximum atomic E-state index is 13.5. The Morgan fingerprint density at radius 3 is 2.60 bits per heavy atom. The number of halogens is 2. The number of hydrogen-bond acceptors (Lipinski definition) is 2. The standard InChI is InChI=1S/C14H11FINO2S/c15-10-6-7-12-13(16)9-17(14(12)8-10)20(18,19)11-4-2-1-3-5-11/h1-7,9,14H,8H2. The SMILES string of the molecule is O=S(=O)(c1ccccc1)N1C=C(I)C2=CC=C(F)CC21. The van der Waals surface area contributed by atoms with Gasteiger partial charge in [0.2, 0.25) is 0 Å². The van der Waals surface area contributed by atoms with E-state index in [-0.39, 0.29) is 17.1 Å². The smallest absolute Gasteiger partial charge is 0.264 e. The second-order valence-corrected chi connectivity index (χ2v) is 7.59. The van der Waals surface area contributed by atoms with E-state index in [1.807, 2.05) is 0 Å². The fraction of sp³-hybridized carbons (Fsp3) is 0.143. The van der Waals surface area contributed by atoms with Crippen LogP contribution < -0.4 is 0 Å². The second kappa shape index (κ2) is 5.00. The summed E-state index contributed by atoms with van der Waals surface area (Å²) in [5.41, 5.74) is 0.853. The van der Waals surface area contributed by atoms with Gasteiger partial charge in [-0.3, -0.25) is 4.31 Å². The molecule has 0 saturated heterocycles. The first-order valence-corrected chi connectivity index (χ1v) is 8.54. The molecule has 1 unspecified atom stereocenters. The number of rotatable bonds is 2. The molecule has 0 fully saturated rings. The highest BCUT2D eigenvalue weighted by Crippen LogP contribution is 2.40. The van der Waals surface area contributed by atoms with E-state index in [9.17, 15) is 12.8 Å². The van der Waals surface area contributed by atoms with Crippen molar-refractivity contribution < 1.29 is 12.8 Å². The summed E-state index contributed by atoms with van der Waals surface area (Å²) in [6, 6.07) is 7.74. The molecule has 1 heterocycles. The van der Waals surface area contributed by atoms with Gasteiger partial charge in [0, 0.05) is 16.2 Å². The van der Waals surface area contributed by atoms with Gasteiger partial charge >= 0.3 is 0 Å². The van der Waals surface area contributed by atoms with Gasteiger partial charge in [-0.05, 0) is 46.4 Å². The Balaban J connectivity index is 2.05. The maximum Gasteiger partial charge on any atom is 0.264 e. The number of nitrogens with zero attached hydrogens (tertiary/aromatic N) is 1. The molecule has 0 amide bonds. The molecule has 1 aliphatic heterocycles. The molecule has 104 valence electrons. The highest BCUT2D eigenvalue weighted by Gasteiger charge is 2.38. The normalized spacial score (nSPS) is 22.0. The second-order valence-electron chi connectivity index (χ2n) is 4.58. The van der Waals surface area contributed by atoms with Crippen LogP contribution in [0.4, 0.5) is 4.39 Å². The number of benzene rings is 1. The van der Waals surface area contributed by atoms with Gasteiger partial charge in [0.05, 0.1) is 10.9 Å². The van der Waals surface area contributed by atoms with Gasteiger partial charge in [0.15, 0.2) is 0 Å². The topological polar surface area (TPSA) is 37.4 Å². The van der Waals surface area contributed by atoms with E-state index in [4.69, 9.17) is 0 Å². The maximum absolute atomic E-state index is 13.5. The number of fused-ring (bicyclic) bond motifs is 1. The summed E-state index contributed by atoms with van der Waals surface area (Å²) in [5, 5.41) is 0. The Morgan fingerprint density at radius 2 is 1.90 bits per heavy atom. The Bertz CT molecular complexity index is 738. The van der Waals surface area contributed by atoms with Crippen molar-refractivity contribution in [3.63, 3.8) is 0 Å². The highest BCUT2D eigenvalue weighted by molar-refractivity contribution is 14.1. The molecule has 0 saturated carbocycles. The van der Waals surface area contributed by atoms with Gasteiger partial charge in [0.25, 0.3) is 10.0 Å². The number of hydrogen-bond donors (Lipinski definition) is 0. The minimum absolute atomic E-state index is 0.0842. The average Bonchev–Trinajstić information content (AvgIpc) is 2.77. The molecule has 1 aliphatic carbocycles. The van der Waals surface area contributed by atoms with Crippen LogP contribution in [-0.2, 0) is 10.0 Å². The third kappa shape index (κ3) is 2.20. The Morgan fingerprint density at radius 1 is 1.20 bits per heavy atom. The van der Waals surface area contributed by atoms with Gasteiger partial charge in [-0.1, -0.05) is 24.3 Å². The molecule has 0 bridgehead atoms. The molecular weight excluding hydrogens is 392 g/mol. The zero-order valence-corrected chi connectivity index (χ0v) is 13.3. The Kier molecular flexibility index (Phi) is 3.45. The zero-order valence-electron chi connectivity index (χ0n) is 10.3. The van der Waals surface area contributed by atoms with E-state index in [0.717, 1.165) is 9.15 Å². The van der Waals surface area contributed by atoms with Crippen LogP contribution in [0, 0.1) is 0 Å². The molecule has 1 aromatic rings. The van der Waals surface area contributed by atoms with Gasteiger partial charge in [-0.25, -0.2) is 12.8 Å². The van der Waals surface area contributed by atoms with Crippen molar-refractivity contribution >= 4 is 32.6 Å². The molecule has 1 aromatic carbocycles. The minimum Gasteiger partial charge on any atom is -0.264 e. The van der Waals surface area contributed by atoms with E-state index in [0.29, 0.717) is 0 Å². The molecule has 2 aliphatic rings. The molecule has 3 nitrogen and oxygen atoms in total. The quantitative estimate of drug-likeness (QED) is 0.709. The lowest BCUT2D eigenvalue weighted by Crippen LogP contribution is -2.34.